The number of amides is 1. The average molecular weight is 339 g/mol. The minimum Gasteiger partial charge on any atom is -0.478 e. The number of nitrogens with zero attached hydrogens (tertiary/aromatic N) is 3. The molecule has 1 aromatic heterocycles. The molecule has 0 bridgehead atoms. The highest BCUT2D eigenvalue weighted by atomic mass is 16.5. The number of aromatic nitrogens is 2. The molecule has 0 radical (unpaired) electrons. The van der Waals surface area contributed by atoms with Gasteiger partial charge in [0.2, 0.25) is 5.88 Å². The Kier molecular flexibility index (Phi) is 5.31. The zero-order chi connectivity index (χ0) is 17.7. The van der Waals surface area contributed by atoms with Crippen LogP contribution in [0.25, 0.3) is 5.69 Å². The van der Waals surface area contributed by atoms with Crippen molar-refractivity contribution in [3.8, 4) is 11.6 Å². The van der Waals surface area contributed by atoms with E-state index < -0.39 is 0 Å². The van der Waals surface area contributed by atoms with Gasteiger partial charge < -0.3 is 4.74 Å². The lowest BCUT2D eigenvalue weighted by Crippen LogP contribution is -2.18. The van der Waals surface area contributed by atoms with Crippen LogP contribution in [0.4, 0.5) is 0 Å². The Hall–Kier alpha value is -2.43. The highest BCUT2D eigenvalue weighted by Gasteiger charge is 2.44. The van der Waals surface area contributed by atoms with Gasteiger partial charge in [-0.1, -0.05) is 44.9 Å². The lowest BCUT2D eigenvalue weighted by Gasteiger charge is -2.13. The number of carbonyl (C=O) groups is 1. The van der Waals surface area contributed by atoms with Crippen molar-refractivity contribution >= 4 is 5.91 Å². The van der Waals surface area contributed by atoms with Gasteiger partial charge in [-0.15, -0.1) is 0 Å². The Morgan fingerprint density at radius 3 is 2.72 bits per heavy atom. The second kappa shape index (κ2) is 7.64. The summed E-state index contributed by atoms with van der Waals surface area (Å²) >= 11 is 0. The van der Waals surface area contributed by atoms with Gasteiger partial charge in [-0.25, -0.2) is 9.67 Å². The molecule has 1 amide bonds. The summed E-state index contributed by atoms with van der Waals surface area (Å²) in [6.45, 7) is 4.74. The van der Waals surface area contributed by atoms with Crippen molar-refractivity contribution in [2.45, 2.75) is 46.0 Å². The van der Waals surface area contributed by atoms with E-state index >= 15 is 0 Å². The molecule has 1 saturated carbocycles. The molecule has 1 fully saturated rings. The lowest BCUT2D eigenvalue weighted by atomic mass is 10.1. The Bertz CT molecular complexity index is 792. The van der Waals surface area contributed by atoms with Gasteiger partial charge in [-0.2, -0.15) is 5.10 Å². The zero-order valence-corrected chi connectivity index (χ0v) is 14.9. The number of benzene rings is 1. The van der Waals surface area contributed by atoms with Crippen molar-refractivity contribution in [2.24, 2.45) is 10.4 Å². The van der Waals surface area contributed by atoms with Gasteiger partial charge in [0.1, 0.15) is 0 Å². The van der Waals surface area contributed by atoms with Crippen molar-refractivity contribution in [3.63, 3.8) is 0 Å². The van der Waals surface area contributed by atoms with Crippen molar-refractivity contribution in [3.05, 3.63) is 48.0 Å². The molecule has 0 aliphatic heterocycles. The molecule has 0 N–H and O–H groups in total. The minimum absolute atomic E-state index is 0.0660. The van der Waals surface area contributed by atoms with Gasteiger partial charge >= 0.3 is 0 Å². The van der Waals surface area contributed by atoms with Crippen molar-refractivity contribution in [1.29, 1.82) is 0 Å². The van der Waals surface area contributed by atoms with Crippen molar-refractivity contribution in [2.75, 3.05) is 6.61 Å². The predicted molar refractivity (Wildman–Crippen MR) is 96.5 cm³/mol. The largest absolute Gasteiger partial charge is 0.478 e. The first kappa shape index (κ1) is 17.4. The molecule has 0 unspecified atom stereocenters. The molecule has 25 heavy (non-hydrogen) atoms. The second-order valence-electron chi connectivity index (χ2n) is 6.83. The van der Waals surface area contributed by atoms with Crippen molar-refractivity contribution in [1.82, 2.24) is 9.78 Å². The van der Waals surface area contributed by atoms with E-state index in [0.717, 1.165) is 37.8 Å². The fourth-order valence-corrected chi connectivity index (χ4v) is 2.51. The third-order valence-electron chi connectivity index (χ3n) is 4.53. The number of ether oxygens (including phenoxy) is 1. The van der Waals surface area contributed by atoms with Crippen molar-refractivity contribution < 1.29 is 9.53 Å². The molecule has 0 saturated heterocycles. The van der Waals surface area contributed by atoms with Gasteiger partial charge in [0.25, 0.3) is 5.91 Å². The molecule has 5 heteroatoms. The highest BCUT2D eigenvalue weighted by molar-refractivity contribution is 5.85. The van der Waals surface area contributed by atoms with Crippen LogP contribution in [0, 0.1) is 5.41 Å². The molecule has 2 aromatic rings. The van der Waals surface area contributed by atoms with Gasteiger partial charge in [0.15, 0.2) is 0 Å². The van der Waals surface area contributed by atoms with E-state index in [1.54, 1.807) is 16.9 Å². The van der Waals surface area contributed by atoms with Gasteiger partial charge in [0, 0.05) is 11.5 Å². The fourth-order valence-electron chi connectivity index (χ4n) is 2.51. The molecule has 1 aliphatic carbocycles. The first-order chi connectivity index (χ1) is 12.1. The summed E-state index contributed by atoms with van der Waals surface area (Å²) < 4.78 is 7.69. The number of para-hydroxylation sites is 1. The van der Waals surface area contributed by atoms with Crippen LogP contribution in [0.15, 0.2) is 47.6 Å². The van der Waals surface area contributed by atoms with Crippen LogP contribution in [0.1, 0.15) is 46.0 Å². The molecule has 3 rings (SSSR count). The molecule has 132 valence electrons. The third-order valence-corrected chi connectivity index (χ3v) is 4.53. The highest BCUT2D eigenvalue weighted by Crippen LogP contribution is 2.45. The van der Waals surface area contributed by atoms with Crippen LogP contribution >= 0.6 is 0 Å². The standard InChI is InChI=1S/C20H25N3O2/c1-3-4-8-13-25-18-14-16(22-19(24)20(2)11-12-20)15-21-23(18)17-9-6-5-7-10-17/h5-7,9-10,14-15H,3-4,8,11-13H2,1-2H3. The van der Waals surface area contributed by atoms with E-state index in [1.807, 2.05) is 37.3 Å². The molecule has 0 atom stereocenters. The van der Waals surface area contributed by atoms with Crippen LogP contribution in [-0.2, 0) is 4.79 Å². The summed E-state index contributed by atoms with van der Waals surface area (Å²) in [6.07, 6.45) is 6.71. The van der Waals surface area contributed by atoms with Crippen LogP contribution in [0.3, 0.4) is 0 Å². The minimum atomic E-state index is -0.270. The Morgan fingerprint density at radius 2 is 2.04 bits per heavy atom. The average Bonchev–Trinajstić information content (AvgIpc) is 3.39. The topological polar surface area (TPSA) is 56.5 Å². The van der Waals surface area contributed by atoms with E-state index in [-0.39, 0.29) is 11.3 Å². The maximum Gasteiger partial charge on any atom is 0.252 e. The van der Waals surface area contributed by atoms with E-state index in [0.29, 0.717) is 17.8 Å². The Labute approximate surface area is 148 Å². The fraction of sp³-hybridized carbons (Fsp3) is 0.450. The zero-order valence-electron chi connectivity index (χ0n) is 14.9. The number of hydrogen-bond acceptors (Lipinski definition) is 3. The van der Waals surface area contributed by atoms with Gasteiger partial charge in [-0.05, 0) is 31.4 Å². The maximum atomic E-state index is 12.2. The SMILES string of the molecule is CCCCCOc1cc(=NC(=O)C2(C)CC2)cnn1-c1ccccc1. The van der Waals surface area contributed by atoms with E-state index in [4.69, 9.17) is 4.74 Å². The summed E-state index contributed by atoms with van der Waals surface area (Å²) in [7, 11) is 0. The number of unbranched alkanes of at least 4 members (excludes halogenated alkanes) is 2. The summed E-state index contributed by atoms with van der Waals surface area (Å²) in [6, 6.07) is 11.6. The molecular formula is C20H25N3O2. The van der Waals surface area contributed by atoms with Crippen LogP contribution in [0.2, 0.25) is 0 Å². The molecule has 1 aliphatic rings. The molecular weight excluding hydrogens is 314 g/mol. The molecule has 0 spiro atoms. The quantitative estimate of drug-likeness (QED) is 0.723. The van der Waals surface area contributed by atoms with Crippen LogP contribution < -0.4 is 10.1 Å². The number of hydrogen-bond donors (Lipinski definition) is 0. The maximum absolute atomic E-state index is 12.2. The Morgan fingerprint density at radius 1 is 1.28 bits per heavy atom. The summed E-state index contributed by atoms with van der Waals surface area (Å²) in [4.78, 5) is 16.5. The normalized spacial score (nSPS) is 15.8. The number of rotatable bonds is 7. The third kappa shape index (κ3) is 4.35. The molecule has 5 nitrogen and oxygen atoms in total. The van der Waals surface area contributed by atoms with Gasteiger partial charge in [-0.3, -0.25) is 4.79 Å². The summed E-state index contributed by atoms with van der Waals surface area (Å²) in [5.41, 5.74) is 0.646. The van der Waals surface area contributed by atoms with E-state index in [2.05, 4.69) is 17.0 Å². The van der Waals surface area contributed by atoms with Gasteiger partial charge in [0.05, 0.1) is 23.8 Å². The smallest absolute Gasteiger partial charge is 0.252 e. The first-order valence-electron chi connectivity index (χ1n) is 8.99. The van der Waals surface area contributed by atoms with Crippen LogP contribution in [0.5, 0.6) is 5.88 Å². The first-order valence-corrected chi connectivity index (χ1v) is 8.99. The van der Waals surface area contributed by atoms with E-state index in [1.165, 1.54) is 0 Å². The van der Waals surface area contributed by atoms with Crippen LogP contribution in [-0.4, -0.2) is 22.3 Å². The predicted octanol–water partition coefficient (Wildman–Crippen LogP) is 3.67. The molecule has 1 heterocycles. The summed E-state index contributed by atoms with van der Waals surface area (Å²) in [5.74, 6) is 0.543. The lowest BCUT2D eigenvalue weighted by molar-refractivity contribution is -0.122. The number of carbonyl (C=O) groups excluding carboxylic acids is 1. The van der Waals surface area contributed by atoms with E-state index in [9.17, 15) is 4.79 Å². The molecule has 1 aromatic carbocycles. The Balaban J connectivity index is 1.90. The second-order valence-corrected chi connectivity index (χ2v) is 6.83. The monoisotopic (exact) mass is 339 g/mol. The summed E-state index contributed by atoms with van der Waals surface area (Å²) in [5, 5.41) is 5.00.